The van der Waals surface area contributed by atoms with Crippen molar-refractivity contribution in [2.75, 3.05) is 0 Å². The van der Waals surface area contributed by atoms with Gasteiger partial charge < -0.3 is 10.2 Å². The van der Waals surface area contributed by atoms with Gasteiger partial charge in [0, 0.05) is 0 Å². The molecule has 0 aliphatic carbocycles. The van der Waals surface area contributed by atoms with E-state index in [1.165, 1.54) is 6.08 Å². The lowest BCUT2D eigenvalue weighted by molar-refractivity contribution is 0.137. The highest BCUT2D eigenvalue weighted by Crippen LogP contribution is 1.99. The molecule has 3 nitrogen and oxygen atoms in total. The van der Waals surface area contributed by atoms with E-state index in [1.807, 2.05) is 30.3 Å². The zero-order valence-electron chi connectivity index (χ0n) is 6.72. The summed E-state index contributed by atoms with van der Waals surface area (Å²) in [4.78, 5) is 8.56. The van der Waals surface area contributed by atoms with Crippen LogP contribution in [0.25, 0.3) is 6.08 Å². The van der Waals surface area contributed by atoms with Crippen LogP contribution < -0.4 is 0 Å². The lowest BCUT2D eigenvalue weighted by atomic mass is 10.2. The predicted molar refractivity (Wildman–Crippen MR) is 47.2 cm³/mol. The second-order valence-corrected chi connectivity index (χ2v) is 1.99. The third-order valence-corrected chi connectivity index (χ3v) is 1.06. The van der Waals surface area contributed by atoms with Crippen LogP contribution in [0.1, 0.15) is 5.56 Å². The van der Waals surface area contributed by atoms with Crippen molar-refractivity contribution < 1.29 is 19.4 Å². The van der Waals surface area contributed by atoms with Crippen LogP contribution >= 0.6 is 0 Å². The minimum atomic E-state index is -1.83. The number of halogens is 1. The van der Waals surface area contributed by atoms with Gasteiger partial charge in [0.25, 0.3) is 0 Å². The molecule has 2 N–H and O–H groups in total. The van der Waals surface area contributed by atoms with E-state index < -0.39 is 6.16 Å². The Bertz CT molecular complexity index is 265. The highest BCUT2D eigenvalue weighted by molar-refractivity contribution is 5.53. The Hall–Kier alpha value is -1.84. The number of benzene rings is 1. The normalized spacial score (nSPS) is 9.00. The minimum Gasteiger partial charge on any atom is -0.450 e. The fraction of sp³-hybridized carbons (Fsp3) is 0. The molecule has 0 aliphatic heterocycles. The second-order valence-electron chi connectivity index (χ2n) is 1.99. The maximum absolute atomic E-state index is 11.5. The summed E-state index contributed by atoms with van der Waals surface area (Å²) in [5.74, 6) is 0. The minimum absolute atomic E-state index is 0.537. The van der Waals surface area contributed by atoms with Crippen LogP contribution in [0.15, 0.2) is 36.7 Å². The van der Waals surface area contributed by atoms with Crippen molar-refractivity contribution in [3.8, 4) is 0 Å². The van der Waals surface area contributed by atoms with Crippen LogP contribution in [0, 0.1) is 0 Å². The van der Waals surface area contributed by atoms with Crippen molar-refractivity contribution in [3.63, 3.8) is 0 Å². The molecule has 1 aromatic rings. The van der Waals surface area contributed by atoms with Gasteiger partial charge in [0.15, 0.2) is 0 Å². The summed E-state index contributed by atoms with van der Waals surface area (Å²) in [5.41, 5.74) is 0.889. The Morgan fingerprint density at radius 1 is 1.23 bits per heavy atom. The molecule has 0 saturated carbocycles. The predicted octanol–water partition coefficient (Wildman–Crippen LogP) is 2.85. The molecule has 0 spiro atoms. The summed E-state index contributed by atoms with van der Waals surface area (Å²) in [5, 5.41) is 13.9. The summed E-state index contributed by atoms with van der Waals surface area (Å²) in [6.07, 6.45) is 0.120. The maximum Gasteiger partial charge on any atom is 0.503 e. The van der Waals surface area contributed by atoms with Crippen molar-refractivity contribution in [1.29, 1.82) is 0 Å². The topological polar surface area (TPSA) is 57.5 Å². The van der Waals surface area contributed by atoms with Gasteiger partial charge in [0.2, 0.25) is 0 Å². The van der Waals surface area contributed by atoms with E-state index in [9.17, 15) is 4.39 Å². The van der Waals surface area contributed by atoms with Gasteiger partial charge in [0.05, 0.1) is 6.33 Å². The van der Waals surface area contributed by atoms with E-state index in [1.54, 1.807) is 0 Å². The van der Waals surface area contributed by atoms with Crippen LogP contribution in [0.2, 0.25) is 0 Å². The van der Waals surface area contributed by atoms with Gasteiger partial charge in [-0.15, -0.1) is 0 Å². The molecule has 1 rings (SSSR count). The lowest BCUT2D eigenvalue weighted by Crippen LogP contribution is -1.81. The number of hydrogen-bond acceptors (Lipinski definition) is 1. The molecule has 0 aliphatic rings. The van der Waals surface area contributed by atoms with Gasteiger partial charge in [-0.05, 0) is 11.6 Å². The Labute approximate surface area is 74.8 Å². The van der Waals surface area contributed by atoms with Crippen LogP contribution in [0.5, 0.6) is 0 Å². The molecular formula is C9H9FO3. The van der Waals surface area contributed by atoms with Crippen LogP contribution in [-0.2, 0) is 0 Å². The summed E-state index contributed by atoms with van der Waals surface area (Å²) < 4.78 is 11.5. The van der Waals surface area contributed by atoms with Crippen LogP contribution in [-0.4, -0.2) is 16.4 Å². The largest absolute Gasteiger partial charge is 0.503 e. The summed E-state index contributed by atoms with van der Waals surface area (Å²) >= 11 is 0. The van der Waals surface area contributed by atoms with E-state index in [0.29, 0.717) is 6.33 Å². The Morgan fingerprint density at radius 2 is 1.69 bits per heavy atom. The molecule has 0 atom stereocenters. The van der Waals surface area contributed by atoms with Gasteiger partial charge in [-0.25, -0.2) is 9.18 Å². The van der Waals surface area contributed by atoms with Gasteiger partial charge >= 0.3 is 6.16 Å². The molecular weight excluding hydrogens is 175 g/mol. The highest BCUT2D eigenvalue weighted by atomic mass is 19.1. The quantitative estimate of drug-likeness (QED) is 0.705. The first kappa shape index (κ1) is 11.2. The molecule has 0 radical (unpaired) electrons. The Morgan fingerprint density at radius 3 is 2.08 bits per heavy atom. The van der Waals surface area contributed by atoms with Crippen molar-refractivity contribution >= 4 is 12.2 Å². The van der Waals surface area contributed by atoms with Crippen molar-refractivity contribution in [2.45, 2.75) is 0 Å². The molecule has 0 fully saturated rings. The number of hydrogen-bond donors (Lipinski definition) is 2. The molecule has 13 heavy (non-hydrogen) atoms. The number of carboxylic acid groups (broad SMARTS) is 2. The number of carbonyl (C=O) groups is 1. The first-order chi connectivity index (χ1) is 6.16. The monoisotopic (exact) mass is 184 g/mol. The van der Waals surface area contributed by atoms with E-state index in [2.05, 4.69) is 0 Å². The average Bonchev–Trinajstić information content (AvgIpc) is 2.06. The molecule has 0 saturated heterocycles. The average molecular weight is 184 g/mol. The Balaban J connectivity index is 0.000000310. The molecule has 70 valence electrons. The Kier molecular flexibility index (Phi) is 5.88. The second kappa shape index (κ2) is 6.84. The fourth-order valence-corrected chi connectivity index (χ4v) is 0.637. The van der Waals surface area contributed by atoms with Crippen molar-refractivity contribution in [1.82, 2.24) is 0 Å². The molecule has 0 aromatic heterocycles. The number of rotatable bonds is 1. The third-order valence-electron chi connectivity index (χ3n) is 1.06. The van der Waals surface area contributed by atoms with Crippen LogP contribution in [0.3, 0.4) is 0 Å². The molecule has 0 amide bonds. The van der Waals surface area contributed by atoms with E-state index in [4.69, 9.17) is 15.0 Å². The molecule has 0 unspecified atom stereocenters. The lowest BCUT2D eigenvalue weighted by Gasteiger charge is -1.85. The SMILES string of the molecule is FC=Cc1ccccc1.O=C(O)O. The van der Waals surface area contributed by atoms with Gasteiger partial charge in [-0.2, -0.15) is 0 Å². The molecule has 0 bridgehead atoms. The van der Waals surface area contributed by atoms with Crippen molar-refractivity contribution in [2.24, 2.45) is 0 Å². The van der Waals surface area contributed by atoms with Crippen molar-refractivity contribution in [3.05, 3.63) is 42.2 Å². The summed E-state index contributed by atoms with van der Waals surface area (Å²) in [6.45, 7) is 0. The first-order valence-electron chi connectivity index (χ1n) is 3.40. The van der Waals surface area contributed by atoms with Crippen LogP contribution in [0.4, 0.5) is 9.18 Å². The first-order valence-corrected chi connectivity index (χ1v) is 3.40. The van der Waals surface area contributed by atoms with E-state index >= 15 is 0 Å². The molecule has 0 heterocycles. The zero-order valence-corrected chi connectivity index (χ0v) is 6.72. The van der Waals surface area contributed by atoms with E-state index in [0.717, 1.165) is 5.56 Å². The molecule has 1 aromatic carbocycles. The van der Waals surface area contributed by atoms with Gasteiger partial charge in [-0.3, -0.25) is 0 Å². The summed E-state index contributed by atoms with van der Waals surface area (Å²) in [6, 6.07) is 9.33. The van der Waals surface area contributed by atoms with Gasteiger partial charge in [0.1, 0.15) is 0 Å². The third kappa shape index (κ3) is 8.06. The van der Waals surface area contributed by atoms with E-state index in [-0.39, 0.29) is 0 Å². The standard InChI is InChI=1S/C8H7F.CH2O3/c9-7-6-8-4-2-1-3-5-8;2-1(3)4/h1-7H;(H2,2,3,4). The molecule has 4 heteroatoms. The zero-order chi connectivity index (χ0) is 10.1. The fourth-order valence-electron chi connectivity index (χ4n) is 0.637. The smallest absolute Gasteiger partial charge is 0.450 e. The summed E-state index contributed by atoms with van der Waals surface area (Å²) in [7, 11) is 0. The highest BCUT2D eigenvalue weighted by Gasteiger charge is 1.78. The van der Waals surface area contributed by atoms with Gasteiger partial charge in [-0.1, -0.05) is 30.3 Å². The maximum atomic E-state index is 11.5.